The van der Waals surface area contributed by atoms with Crippen LogP contribution in [-0.2, 0) is 16.3 Å². The third-order valence-corrected chi connectivity index (χ3v) is 6.39. The number of fused-ring (bicyclic) bond motifs is 1. The van der Waals surface area contributed by atoms with E-state index in [-0.39, 0.29) is 16.2 Å². The normalized spacial score (nSPS) is 11.2. The molecule has 2 aromatic carbocycles. The van der Waals surface area contributed by atoms with E-state index in [1.54, 1.807) is 18.3 Å². The lowest BCUT2D eigenvalue weighted by atomic mass is 10.0. The van der Waals surface area contributed by atoms with Crippen molar-refractivity contribution in [1.29, 1.82) is 5.26 Å². The highest BCUT2D eigenvalue weighted by Gasteiger charge is 2.20. The Bertz CT molecular complexity index is 1520. The molecule has 0 aliphatic carbocycles. The summed E-state index contributed by atoms with van der Waals surface area (Å²) in [6.07, 6.45) is 4.76. The lowest BCUT2D eigenvalue weighted by Gasteiger charge is -2.10. The van der Waals surface area contributed by atoms with Gasteiger partial charge in [0.25, 0.3) is 5.91 Å². The fourth-order valence-electron chi connectivity index (χ4n) is 3.46. The van der Waals surface area contributed by atoms with Gasteiger partial charge in [0.05, 0.1) is 16.2 Å². The molecule has 0 spiro atoms. The number of aromatic nitrogens is 2. The van der Waals surface area contributed by atoms with E-state index in [1.165, 1.54) is 11.6 Å². The molecule has 0 radical (unpaired) electrons. The second-order valence-electron chi connectivity index (χ2n) is 7.59. The number of hydrogen-bond donors (Lipinski definition) is 1. The minimum Gasteiger partial charge on any atom is -0.322 e. The SMILES string of the molecule is CCc1ccc(-c2cc3cc(NC(=O)c4cc(C#N)ncc4S(C)(=O)=O)ccc3cn2)cc1. The van der Waals surface area contributed by atoms with Gasteiger partial charge in [0.15, 0.2) is 9.84 Å². The summed E-state index contributed by atoms with van der Waals surface area (Å²) in [5.74, 6) is -0.641. The Labute approximate surface area is 191 Å². The predicted octanol–water partition coefficient (Wildman–Crippen LogP) is 4.39. The predicted molar refractivity (Wildman–Crippen MR) is 127 cm³/mol. The van der Waals surface area contributed by atoms with Crippen LogP contribution in [-0.4, -0.2) is 30.5 Å². The number of carbonyl (C=O) groups excluding carboxylic acids is 1. The topological polar surface area (TPSA) is 113 Å². The number of benzene rings is 2. The van der Waals surface area contributed by atoms with Crippen LogP contribution >= 0.6 is 0 Å². The molecule has 164 valence electrons. The Kier molecular flexibility index (Phi) is 5.90. The number of nitrogens with zero attached hydrogens (tertiary/aromatic N) is 3. The first kappa shape index (κ1) is 22.1. The third-order valence-electron chi connectivity index (χ3n) is 5.26. The van der Waals surface area contributed by atoms with Gasteiger partial charge in [0.1, 0.15) is 11.8 Å². The van der Waals surface area contributed by atoms with Gasteiger partial charge in [-0.05, 0) is 41.6 Å². The molecule has 1 N–H and O–H groups in total. The monoisotopic (exact) mass is 456 g/mol. The second kappa shape index (κ2) is 8.81. The molecule has 0 saturated heterocycles. The Morgan fingerprint density at radius 3 is 2.42 bits per heavy atom. The molecule has 0 bridgehead atoms. The number of hydrogen-bond acceptors (Lipinski definition) is 6. The Hall–Kier alpha value is -4.09. The van der Waals surface area contributed by atoms with Gasteiger partial charge < -0.3 is 5.32 Å². The van der Waals surface area contributed by atoms with Crippen molar-refractivity contribution in [3.63, 3.8) is 0 Å². The highest BCUT2D eigenvalue weighted by atomic mass is 32.2. The van der Waals surface area contributed by atoms with E-state index in [0.29, 0.717) is 5.69 Å². The number of carbonyl (C=O) groups is 1. The molecular weight excluding hydrogens is 436 g/mol. The number of rotatable bonds is 5. The molecule has 1 amide bonds. The van der Waals surface area contributed by atoms with E-state index in [0.717, 1.165) is 40.9 Å². The highest BCUT2D eigenvalue weighted by Crippen LogP contribution is 2.26. The maximum Gasteiger partial charge on any atom is 0.257 e. The van der Waals surface area contributed by atoms with Gasteiger partial charge in [-0.3, -0.25) is 9.78 Å². The number of nitrogens with one attached hydrogen (secondary N) is 1. The minimum absolute atomic E-state index is 0.0455. The van der Waals surface area contributed by atoms with Crippen LogP contribution in [0, 0.1) is 11.3 Å². The first-order chi connectivity index (χ1) is 15.8. The number of aryl methyl sites for hydroxylation is 1. The maximum absolute atomic E-state index is 12.9. The fourth-order valence-corrected chi connectivity index (χ4v) is 4.26. The average Bonchev–Trinajstić information content (AvgIpc) is 2.82. The van der Waals surface area contributed by atoms with Gasteiger partial charge in [-0.15, -0.1) is 0 Å². The summed E-state index contributed by atoms with van der Waals surface area (Å²) < 4.78 is 24.2. The van der Waals surface area contributed by atoms with Crippen molar-refractivity contribution in [3.8, 4) is 17.3 Å². The van der Waals surface area contributed by atoms with Gasteiger partial charge in [-0.25, -0.2) is 13.4 Å². The van der Waals surface area contributed by atoms with Crippen LogP contribution in [0.1, 0.15) is 28.5 Å². The fraction of sp³-hybridized carbons (Fsp3) is 0.120. The Morgan fingerprint density at radius 1 is 1.00 bits per heavy atom. The van der Waals surface area contributed by atoms with Gasteiger partial charge in [0.2, 0.25) is 0 Å². The summed E-state index contributed by atoms with van der Waals surface area (Å²) in [6.45, 7) is 2.10. The molecular formula is C25H20N4O3S. The number of amides is 1. The molecule has 0 aliphatic heterocycles. The van der Waals surface area contributed by atoms with Crippen LogP contribution < -0.4 is 5.32 Å². The van der Waals surface area contributed by atoms with E-state index >= 15 is 0 Å². The Morgan fingerprint density at radius 2 is 1.76 bits per heavy atom. The summed E-state index contributed by atoms with van der Waals surface area (Å²) in [5, 5.41) is 13.6. The number of sulfone groups is 1. The number of anilines is 1. The van der Waals surface area contributed by atoms with Crippen LogP contribution in [0.5, 0.6) is 0 Å². The van der Waals surface area contributed by atoms with Gasteiger partial charge in [0, 0.05) is 35.3 Å². The smallest absolute Gasteiger partial charge is 0.257 e. The standard InChI is InChI=1S/C25H20N4O3S/c1-3-16-4-6-17(7-5-16)23-11-19-10-20(9-8-18(19)14-28-23)29-25(30)22-12-21(13-26)27-15-24(22)33(2,31)32/h4-12,14-15H,3H2,1-2H3,(H,29,30). The van der Waals surface area contributed by atoms with E-state index in [1.807, 2.05) is 30.3 Å². The molecule has 2 aromatic heterocycles. The summed E-state index contributed by atoms with van der Waals surface area (Å²) in [6, 6.07) is 18.5. The minimum atomic E-state index is -3.71. The van der Waals surface area contributed by atoms with E-state index in [9.17, 15) is 13.2 Å². The first-order valence-electron chi connectivity index (χ1n) is 10.2. The third kappa shape index (κ3) is 4.73. The van der Waals surface area contributed by atoms with E-state index in [4.69, 9.17) is 5.26 Å². The van der Waals surface area contributed by atoms with Crippen LogP contribution in [0.15, 0.2) is 71.9 Å². The van der Waals surface area contributed by atoms with Crippen molar-refractivity contribution >= 4 is 32.2 Å². The summed E-state index contributed by atoms with van der Waals surface area (Å²) in [4.78, 5) is 21.0. The van der Waals surface area contributed by atoms with E-state index in [2.05, 4.69) is 34.3 Å². The zero-order valence-corrected chi connectivity index (χ0v) is 18.8. The summed E-state index contributed by atoms with van der Waals surface area (Å²) in [5.41, 5.74) is 3.35. The van der Waals surface area contributed by atoms with Gasteiger partial charge in [-0.1, -0.05) is 37.3 Å². The highest BCUT2D eigenvalue weighted by molar-refractivity contribution is 7.90. The van der Waals surface area contributed by atoms with Crippen LogP contribution in [0.25, 0.3) is 22.0 Å². The van der Waals surface area contributed by atoms with Gasteiger partial charge >= 0.3 is 0 Å². The second-order valence-corrected chi connectivity index (χ2v) is 9.57. The molecule has 4 rings (SSSR count). The molecule has 4 aromatic rings. The molecule has 0 unspecified atom stereocenters. The van der Waals surface area contributed by atoms with Crippen molar-refractivity contribution in [2.75, 3.05) is 11.6 Å². The van der Waals surface area contributed by atoms with Crippen molar-refractivity contribution in [2.45, 2.75) is 18.2 Å². The number of nitriles is 1. The molecule has 0 atom stereocenters. The van der Waals surface area contributed by atoms with Crippen molar-refractivity contribution < 1.29 is 13.2 Å². The van der Waals surface area contributed by atoms with Gasteiger partial charge in [-0.2, -0.15) is 5.26 Å². The molecule has 2 heterocycles. The molecule has 7 nitrogen and oxygen atoms in total. The molecule has 0 saturated carbocycles. The lowest BCUT2D eigenvalue weighted by molar-refractivity contribution is 0.102. The van der Waals surface area contributed by atoms with Crippen LogP contribution in [0.2, 0.25) is 0 Å². The maximum atomic E-state index is 12.9. The largest absolute Gasteiger partial charge is 0.322 e. The molecule has 0 fully saturated rings. The van der Waals surface area contributed by atoms with E-state index < -0.39 is 15.7 Å². The average molecular weight is 457 g/mol. The molecule has 8 heteroatoms. The quantitative estimate of drug-likeness (QED) is 0.477. The molecule has 33 heavy (non-hydrogen) atoms. The lowest BCUT2D eigenvalue weighted by Crippen LogP contribution is -2.17. The molecule has 0 aliphatic rings. The van der Waals surface area contributed by atoms with Crippen LogP contribution in [0.3, 0.4) is 0 Å². The van der Waals surface area contributed by atoms with Crippen molar-refractivity contribution in [3.05, 3.63) is 83.8 Å². The first-order valence-corrected chi connectivity index (χ1v) is 12.1. The number of pyridine rings is 2. The van der Waals surface area contributed by atoms with Crippen molar-refractivity contribution in [2.24, 2.45) is 0 Å². The van der Waals surface area contributed by atoms with Crippen molar-refractivity contribution in [1.82, 2.24) is 9.97 Å². The zero-order valence-electron chi connectivity index (χ0n) is 18.0. The summed E-state index contributed by atoms with van der Waals surface area (Å²) in [7, 11) is -3.71. The van der Waals surface area contributed by atoms with Crippen LogP contribution in [0.4, 0.5) is 5.69 Å². The zero-order chi connectivity index (χ0) is 23.6. The summed E-state index contributed by atoms with van der Waals surface area (Å²) >= 11 is 0. The Balaban J connectivity index is 1.68.